The molecule has 1 aliphatic carbocycles. The third-order valence-electron chi connectivity index (χ3n) is 4.64. The minimum Gasteiger partial charge on any atom is -0.344 e. The first-order valence-electron chi connectivity index (χ1n) is 7.60. The molecule has 1 fully saturated rings. The minimum absolute atomic E-state index is 0.444. The highest BCUT2D eigenvalue weighted by Crippen LogP contribution is 2.32. The molecule has 1 aromatic carbocycles. The van der Waals surface area contributed by atoms with Crippen LogP contribution in [-0.4, -0.2) is 11.1 Å². The average Bonchev–Trinajstić information content (AvgIpc) is 2.90. The van der Waals surface area contributed by atoms with Crippen LogP contribution >= 0.6 is 0 Å². The van der Waals surface area contributed by atoms with Crippen molar-refractivity contribution in [3.8, 4) is 0 Å². The Balaban J connectivity index is 1.99. The maximum absolute atomic E-state index is 5.80. The van der Waals surface area contributed by atoms with Crippen LogP contribution in [0.1, 0.15) is 56.6 Å². The first-order valence-corrected chi connectivity index (χ1v) is 7.60. The molecule has 0 saturated heterocycles. The number of nitrogens with two attached hydrogens (primary N) is 1. The standard InChI is InChI=1S/C17H24N2/c1-13(12-18)15-8-7-14-9-10-19(17(14)11-15)16-5-3-2-4-6-16/h7-11,13,16H,2-6,12,18H2,1H3. The summed E-state index contributed by atoms with van der Waals surface area (Å²) in [5.41, 5.74) is 8.56. The molecular formula is C17H24N2. The summed E-state index contributed by atoms with van der Waals surface area (Å²) in [5, 5.41) is 1.36. The Hall–Kier alpha value is -1.28. The molecular weight excluding hydrogens is 232 g/mol. The molecule has 2 heteroatoms. The maximum Gasteiger partial charge on any atom is 0.0485 e. The quantitative estimate of drug-likeness (QED) is 0.876. The summed E-state index contributed by atoms with van der Waals surface area (Å²) in [5.74, 6) is 0.444. The van der Waals surface area contributed by atoms with E-state index in [1.165, 1.54) is 48.6 Å². The Bertz CT molecular complexity index is 549. The molecule has 1 atom stereocenters. The highest BCUT2D eigenvalue weighted by Gasteiger charge is 2.17. The van der Waals surface area contributed by atoms with Gasteiger partial charge in [-0.15, -0.1) is 0 Å². The van der Waals surface area contributed by atoms with E-state index in [2.05, 4.69) is 42.0 Å². The fourth-order valence-corrected chi connectivity index (χ4v) is 3.29. The maximum atomic E-state index is 5.80. The molecule has 2 nitrogen and oxygen atoms in total. The summed E-state index contributed by atoms with van der Waals surface area (Å²) in [6.07, 6.45) is 9.11. The summed E-state index contributed by atoms with van der Waals surface area (Å²) in [6.45, 7) is 2.92. The second kappa shape index (κ2) is 5.38. The highest BCUT2D eigenvalue weighted by molar-refractivity contribution is 5.81. The lowest BCUT2D eigenvalue weighted by Crippen LogP contribution is -2.12. The van der Waals surface area contributed by atoms with Gasteiger partial charge in [0.05, 0.1) is 0 Å². The van der Waals surface area contributed by atoms with Gasteiger partial charge in [0.2, 0.25) is 0 Å². The van der Waals surface area contributed by atoms with E-state index in [4.69, 9.17) is 5.73 Å². The first kappa shape index (κ1) is 12.7. The predicted molar refractivity (Wildman–Crippen MR) is 81.5 cm³/mol. The molecule has 2 aromatic rings. The molecule has 1 unspecified atom stereocenters. The van der Waals surface area contributed by atoms with Crippen LogP contribution in [0.3, 0.4) is 0 Å². The molecule has 0 amide bonds. The van der Waals surface area contributed by atoms with E-state index >= 15 is 0 Å². The number of aromatic nitrogens is 1. The second-order valence-electron chi connectivity index (χ2n) is 5.97. The van der Waals surface area contributed by atoms with Crippen LogP contribution in [-0.2, 0) is 0 Å². The molecule has 1 heterocycles. The van der Waals surface area contributed by atoms with Crippen molar-refractivity contribution >= 4 is 10.9 Å². The Morgan fingerprint density at radius 1 is 1.21 bits per heavy atom. The Kier molecular flexibility index (Phi) is 3.61. The largest absolute Gasteiger partial charge is 0.344 e. The topological polar surface area (TPSA) is 30.9 Å². The monoisotopic (exact) mass is 256 g/mol. The summed E-state index contributed by atoms with van der Waals surface area (Å²) in [7, 11) is 0. The van der Waals surface area contributed by atoms with Gasteiger partial charge in [-0.2, -0.15) is 0 Å². The van der Waals surface area contributed by atoms with Crippen molar-refractivity contribution in [2.75, 3.05) is 6.54 Å². The van der Waals surface area contributed by atoms with Crippen molar-refractivity contribution in [2.45, 2.75) is 51.0 Å². The van der Waals surface area contributed by atoms with Gasteiger partial charge in [-0.3, -0.25) is 0 Å². The van der Waals surface area contributed by atoms with Gasteiger partial charge < -0.3 is 10.3 Å². The van der Waals surface area contributed by atoms with Crippen LogP contribution in [0.25, 0.3) is 10.9 Å². The summed E-state index contributed by atoms with van der Waals surface area (Å²) in [4.78, 5) is 0. The summed E-state index contributed by atoms with van der Waals surface area (Å²) < 4.78 is 2.50. The minimum atomic E-state index is 0.444. The van der Waals surface area contributed by atoms with Gasteiger partial charge in [0.25, 0.3) is 0 Å². The zero-order valence-corrected chi connectivity index (χ0v) is 11.8. The molecule has 1 saturated carbocycles. The van der Waals surface area contributed by atoms with Gasteiger partial charge >= 0.3 is 0 Å². The van der Waals surface area contributed by atoms with Crippen LogP contribution in [0.4, 0.5) is 0 Å². The van der Waals surface area contributed by atoms with E-state index < -0.39 is 0 Å². The zero-order chi connectivity index (χ0) is 13.2. The van der Waals surface area contributed by atoms with Crippen molar-refractivity contribution in [1.29, 1.82) is 0 Å². The van der Waals surface area contributed by atoms with E-state index in [1.807, 2.05) is 0 Å². The molecule has 3 rings (SSSR count). The van der Waals surface area contributed by atoms with E-state index in [0.717, 1.165) is 6.54 Å². The van der Waals surface area contributed by atoms with Gasteiger partial charge in [-0.25, -0.2) is 0 Å². The fourth-order valence-electron chi connectivity index (χ4n) is 3.29. The number of nitrogens with zero attached hydrogens (tertiary/aromatic N) is 1. The van der Waals surface area contributed by atoms with Crippen LogP contribution in [0, 0.1) is 0 Å². The van der Waals surface area contributed by atoms with E-state index in [1.54, 1.807) is 0 Å². The van der Waals surface area contributed by atoms with Crippen molar-refractivity contribution in [3.05, 3.63) is 36.0 Å². The Morgan fingerprint density at radius 3 is 2.74 bits per heavy atom. The number of hydrogen-bond donors (Lipinski definition) is 1. The number of hydrogen-bond acceptors (Lipinski definition) is 1. The number of benzene rings is 1. The second-order valence-corrected chi connectivity index (χ2v) is 5.97. The Morgan fingerprint density at radius 2 is 2.00 bits per heavy atom. The van der Waals surface area contributed by atoms with E-state index in [-0.39, 0.29) is 0 Å². The Labute approximate surface area is 115 Å². The number of fused-ring (bicyclic) bond motifs is 1. The highest BCUT2D eigenvalue weighted by atomic mass is 15.0. The van der Waals surface area contributed by atoms with Gasteiger partial charge in [0, 0.05) is 17.8 Å². The van der Waals surface area contributed by atoms with Crippen molar-refractivity contribution < 1.29 is 0 Å². The third kappa shape index (κ3) is 2.42. The van der Waals surface area contributed by atoms with E-state index in [0.29, 0.717) is 12.0 Å². The average molecular weight is 256 g/mol. The molecule has 0 bridgehead atoms. The van der Waals surface area contributed by atoms with Gasteiger partial charge in [0.1, 0.15) is 0 Å². The molecule has 1 aliphatic rings. The van der Waals surface area contributed by atoms with Crippen molar-refractivity contribution in [3.63, 3.8) is 0 Å². The van der Waals surface area contributed by atoms with Gasteiger partial charge in [-0.05, 0) is 48.4 Å². The SMILES string of the molecule is CC(CN)c1ccc2ccn(C3CCCCC3)c2c1. The lowest BCUT2D eigenvalue weighted by Gasteiger charge is -2.24. The van der Waals surface area contributed by atoms with Crippen LogP contribution in [0.2, 0.25) is 0 Å². The zero-order valence-electron chi connectivity index (χ0n) is 11.8. The first-order chi connectivity index (χ1) is 9.29. The fraction of sp³-hybridized carbons (Fsp3) is 0.529. The normalized spacial score (nSPS) is 18.8. The molecule has 0 radical (unpaired) electrons. The molecule has 0 spiro atoms. The molecule has 2 N–H and O–H groups in total. The molecule has 0 aliphatic heterocycles. The number of rotatable bonds is 3. The summed E-state index contributed by atoms with van der Waals surface area (Å²) >= 11 is 0. The molecule has 102 valence electrons. The van der Waals surface area contributed by atoms with Gasteiger partial charge in [0.15, 0.2) is 0 Å². The van der Waals surface area contributed by atoms with Crippen molar-refractivity contribution in [1.82, 2.24) is 4.57 Å². The summed E-state index contributed by atoms with van der Waals surface area (Å²) in [6, 6.07) is 9.78. The lowest BCUT2D eigenvalue weighted by molar-refractivity contribution is 0.361. The van der Waals surface area contributed by atoms with Crippen LogP contribution in [0.5, 0.6) is 0 Å². The predicted octanol–water partition coefficient (Wildman–Crippen LogP) is 4.21. The lowest BCUT2D eigenvalue weighted by atomic mass is 9.95. The van der Waals surface area contributed by atoms with Crippen molar-refractivity contribution in [2.24, 2.45) is 5.73 Å². The van der Waals surface area contributed by atoms with Gasteiger partial charge in [-0.1, -0.05) is 38.3 Å². The third-order valence-corrected chi connectivity index (χ3v) is 4.64. The molecule has 19 heavy (non-hydrogen) atoms. The van der Waals surface area contributed by atoms with Crippen LogP contribution in [0.15, 0.2) is 30.5 Å². The van der Waals surface area contributed by atoms with E-state index in [9.17, 15) is 0 Å². The smallest absolute Gasteiger partial charge is 0.0485 e. The molecule has 1 aromatic heterocycles. The van der Waals surface area contributed by atoms with Crippen LogP contribution < -0.4 is 5.73 Å².